The highest BCUT2D eigenvalue weighted by Gasteiger charge is 2.33. The van der Waals surface area contributed by atoms with Crippen molar-refractivity contribution in [3.63, 3.8) is 0 Å². The normalized spacial score (nSPS) is 38.8. The number of ether oxygens (including phenoxy) is 1. The van der Waals surface area contributed by atoms with E-state index < -0.39 is 0 Å². The van der Waals surface area contributed by atoms with E-state index in [1.807, 2.05) is 0 Å². The highest BCUT2D eigenvalue weighted by Crippen LogP contribution is 2.23. The first-order chi connectivity index (χ1) is 8.86. The molecule has 3 atom stereocenters. The second-order valence-corrected chi connectivity index (χ2v) is 6.14. The lowest BCUT2D eigenvalue weighted by Gasteiger charge is -2.26. The monoisotopic (exact) mass is 253 g/mol. The average Bonchev–Trinajstić information content (AvgIpc) is 3.10. The van der Waals surface area contributed by atoms with Crippen LogP contribution in [0.25, 0.3) is 0 Å². The van der Waals surface area contributed by atoms with Crippen LogP contribution in [-0.2, 0) is 4.74 Å². The molecule has 3 saturated heterocycles. The number of hydrogen-bond donors (Lipinski definition) is 1. The van der Waals surface area contributed by atoms with Crippen LogP contribution >= 0.6 is 0 Å². The van der Waals surface area contributed by atoms with Gasteiger partial charge in [-0.1, -0.05) is 0 Å². The number of nitrogens with one attached hydrogen (secondary N) is 1. The molecular formula is C14H27N3O. The van der Waals surface area contributed by atoms with Crippen molar-refractivity contribution in [2.75, 3.05) is 53.0 Å². The van der Waals surface area contributed by atoms with Crippen LogP contribution < -0.4 is 5.32 Å². The molecule has 3 rings (SSSR count). The molecule has 1 N–H and O–H groups in total. The Morgan fingerprint density at radius 3 is 2.78 bits per heavy atom. The van der Waals surface area contributed by atoms with E-state index in [9.17, 15) is 0 Å². The Hall–Kier alpha value is -0.160. The van der Waals surface area contributed by atoms with Gasteiger partial charge in [-0.15, -0.1) is 0 Å². The summed E-state index contributed by atoms with van der Waals surface area (Å²) in [7, 11) is 2.06. The molecule has 0 aliphatic carbocycles. The molecule has 3 heterocycles. The van der Waals surface area contributed by atoms with Crippen LogP contribution in [0.5, 0.6) is 0 Å². The van der Waals surface area contributed by atoms with Gasteiger partial charge < -0.3 is 15.0 Å². The van der Waals surface area contributed by atoms with Crippen molar-refractivity contribution in [2.24, 2.45) is 5.92 Å². The molecule has 0 aromatic heterocycles. The molecule has 0 bridgehead atoms. The maximum atomic E-state index is 5.60. The molecule has 3 aliphatic rings. The van der Waals surface area contributed by atoms with Crippen LogP contribution in [0.4, 0.5) is 0 Å². The van der Waals surface area contributed by atoms with Gasteiger partial charge in [0.05, 0.1) is 13.2 Å². The first-order valence-electron chi connectivity index (χ1n) is 7.58. The summed E-state index contributed by atoms with van der Waals surface area (Å²) in [6.45, 7) is 8.30. The summed E-state index contributed by atoms with van der Waals surface area (Å²) in [5.41, 5.74) is 0. The van der Waals surface area contributed by atoms with E-state index in [4.69, 9.17) is 4.74 Å². The summed E-state index contributed by atoms with van der Waals surface area (Å²) in [5.74, 6) is 0.687. The minimum atomic E-state index is 0.566. The van der Waals surface area contributed by atoms with Crippen LogP contribution in [0.15, 0.2) is 0 Å². The molecule has 3 unspecified atom stereocenters. The van der Waals surface area contributed by atoms with E-state index in [1.54, 1.807) is 0 Å². The fourth-order valence-corrected chi connectivity index (χ4v) is 3.81. The number of rotatable bonds is 4. The van der Waals surface area contributed by atoms with Crippen molar-refractivity contribution >= 4 is 0 Å². The highest BCUT2D eigenvalue weighted by atomic mass is 16.5. The van der Waals surface area contributed by atoms with E-state index in [0.717, 1.165) is 19.3 Å². The third kappa shape index (κ3) is 2.72. The highest BCUT2D eigenvalue weighted by molar-refractivity contribution is 4.89. The molecule has 0 spiro atoms. The summed E-state index contributed by atoms with van der Waals surface area (Å²) in [4.78, 5) is 5.37. The van der Waals surface area contributed by atoms with Crippen molar-refractivity contribution in [3.8, 4) is 0 Å². The predicted molar refractivity (Wildman–Crippen MR) is 72.8 cm³/mol. The van der Waals surface area contributed by atoms with Crippen molar-refractivity contribution in [1.29, 1.82) is 0 Å². The molecule has 0 radical (unpaired) electrons. The van der Waals surface area contributed by atoms with Crippen LogP contribution in [0, 0.1) is 5.92 Å². The van der Waals surface area contributed by atoms with Crippen LogP contribution in [0.2, 0.25) is 0 Å². The van der Waals surface area contributed by atoms with Gasteiger partial charge in [-0.05, 0) is 45.9 Å². The molecule has 3 fully saturated rings. The van der Waals surface area contributed by atoms with E-state index in [2.05, 4.69) is 22.2 Å². The minimum Gasteiger partial charge on any atom is -0.379 e. The zero-order chi connectivity index (χ0) is 12.4. The molecule has 3 aliphatic heterocycles. The molecule has 4 heteroatoms. The van der Waals surface area contributed by atoms with Gasteiger partial charge in [0.25, 0.3) is 0 Å². The van der Waals surface area contributed by atoms with E-state index in [0.29, 0.717) is 12.0 Å². The predicted octanol–water partition coefficient (Wildman–Crippen LogP) is 0.391. The van der Waals surface area contributed by atoms with Crippen molar-refractivity contribution in [2.45, 2.75) is 31.3 Å². The van der Waals surface area contributed by atoms with Crippen molar-refractivity contribution in [1.82, 2.24) is 15.1 Å². The summed E-state index contributed by atoms with van der Waals surface area (Å²) in [6.07, 6.45) is 4.20. The Bertz CT molecular complexity index is 268. The van der Waals surface area contributed by atoms with Gasteiger partial charge in [0.1, 0.15) is 0 Å². The smallest absolute Gasteiger partial charge is 0.0623 e. The lowest BCUT2D eigenvalue weighted by atomic mass is 10.0. The van der Waals surface area contributed by atoms with Gasteiger partial charge in [0.2, 0.25) is 0 Å². The van der Waals surface area contributed by atoms with Crippen LogP contribution in [0.1, 0.15) is 19.3 Å². The lowest BCUT2D eigenvalue weighted by molar-refractivity contribution is 0.169. The molecule has 0 aromatic carbocycles. The quantitative estimate of drug-likeness (QED) is 0.784. The zero-order valence-electron chi connectivity index (χ0n) is 11.6. The SMILES string of the molecule is CNC1COCC1CN1CCC(N2CCCC2)C1. The topological polar surface area (TPSA) is 27.7 Å². The van der Waals surface area contributed by atoms with Crippen LogP contribution in [-0.4, -0.2) is 74.9 Å². The van der Waals surface area contributed by atoms with Gasteiger partial charge in [-0.2, -0.15) is 0 Å². The first kappa shape index (κ1) is 12.9. The largest absolute Gasteiger partial charge is 0.379 e. The molecule has 18 heavy (non-hydrogen) atoms. The Kier molecular flexibility index (Phi) is 4.19. The number of hydrogen-bond acceptors (Lipinski definition) is 4. The third-order valence-corrected chi connectivity index (χ3v) is 4.97. The second-order valence-electron chi connectivity index (χ2n) is 6.14. The summed E-state index contributed by atoms with van der Waals surface area (Å²) < 4.78 is 5.60. The summed E-state index contributed by atoms with van der Waals surface area (Å²) >= 11 is 0. The number of likely N-dealkylation sites (N-methyl/N-ethyl adjacent to an activating group) is 1. The molecular weight excluding hydrogens is 226 g/mol. The maximum absolute atomic E-state index is 5.60. The number of likely N-dealkylation sites (tertiary alicyclic amines) is 2. The fourth-order valence-electron chi connectivity index (χ4n) is 3.81. The summed E-state index contributed by atoms with van der Waals surface area (Å²) in [6, 6.07) is 1.40. The second kappa shape index (κ2) is 5.87. The van der Waals surface area contributed by atoms with Gasteiger partial charge in [-0.3, -0.25) is 4.90 Å². The van der Waals surface area contributed by atoms with Gasteiger partial charge in [-0.25, -0.2) is 0 Å². The Balaban J connectivity index is 1.47. The van der Waals surface area contributed by atoms with Gasteiger partial charge in [0.15, 0.2) is 0 Å². The third-order valence-electron chi connectivity index (χ3n) is 4.97. The summed E-state index contributed by atoms with van der Waals surface area (Å²) in [5, 5.41) is 3.39. The molecule has 0 amide bonds. The molecule has 0 saturated carbocycles. The maximum Gasteiger partial charge on any atom is 0.0623 e. The molecule has 4 nitrogen and oxygen atoms in total. The molecule has 104 valence electrons. The lowest BCUT2D eigenvalue weighted by Crippen LogP contribution is -2.41. The zero-order valence-corrected chi connectivity index (χ0v) is 11.6. The van der Waals surface area contributed by atoms with Crippen molar-refractivity contribution < 1.29 is 4.74 Å². The van der Waals surface area contributed by atoms with Gasteiger partial charge in [0, 0.05) is 31.1 Å². The fraction of sp³-hybridized carbons (Fsp3) is 1.00. The van der Waals surface area contributed by atoms with E-state index >= 15 is 0 Å². The Labute approximate surface area is 111 Å². The minimum absolute atomic E-state index is 0.566. The first-order valence-corrected chi connectivity index (χ1v) is 7.58. The Morgan fingerprint density at radius 2 is 2.00 bits per heavy atom. The van der Waals surface area contributed by atoms with E-state index in [1.165, 1.54) is 52.0 Å². The van der Waals surface area contributed by atoms with E-state index in [-0.39, 0.29) is 0 Å². The standard InChI is InChI=1S/C14H27N3O/c1-15-14-11-18-10-12(14)8-16-7-4-13(9-16)17-5-2-3-6-17/h12-15H,2-11H2,1H3. The van der Waals surface area contributed by atoms with Crippen molar-refractivity contribution in [3.05, 3.63) is 0 Å². The Morgan fingerprint density at radius 1 is 1.17 bits per heavy atom. The molecule has 0 aromatic rings. The average molecular weight is 253 g/mol. The van der Waals surface area contributed by atoms with Crippen LogP contribution in [0.3, 0.4) is 0 Å². The van der Waals surface area contributed by atoms with Gasteiger partial charge >= 0.3 is 0 Å². The number of nitrogens with zero attached hydrogens (tertiary/aromatic N) is 2.